The molecule has 106 valence electrons. The molecule has 0 unspecified atom stereocenters. The molecule has 4 heteroatoms. The van der Waals surface area contributed by atoms with E-state index in [-0.39, 0.29) is 0 Å². The number of thiophene rings is 1. The van der Waals surface area contributed by atoms with Gasteiger partial charge in [-0.05, 0) is 50.5 Å². The maximum atomic E-state index is 4.82. The van der Waals surface area contributed by atoms with Crippen molar-refractivity contribution in [2.75, 3.05) is 18.0 Å². The Balaban J connectivity index is 1.85. The van der Waals surface area contributed by atoms with Crippen LogP contribution < -0.4 is 4.90 Å². The van der Waals surface area contributed by atoms with Crippen LogP contribution in [0.3, 0.4) is 0 Å². The minimum atomic E-state index is 0.859. The van der Waals surface area contributed by atoms with Crippen molar-refractivity contribution >= 4 is 27.4 Å². The first-order valence-electron chi connectivity index (χ1n) is 7.76. The van der Waals surface area contributed by atoms with E-state index in [1.165, 1.54) is 48.1 Å². The van der Waals surface area contributed by atoms with Crippen molar-refractivity contribution in [3.8, 4) is 0 Å². The Kier molecular flexibility index (Phi) is 2.95. The second kappa shape index (κ2) is 4.69. The van der Waals surface area contributed by atoms with Gasteiger partial charge in [-0.1, -0.05) is 6.92 Å². The SMILES string of the molecule is Cc1nc(N2CCC(C)CC2)c2c3c(sc2n1)CCC3. The van der Waals surface area contributed by atoms with Crippen LogP contribution in [0.5, 0.6) is 0 Å². The van der Waals surface area contributed by atoms with E-state index in [1.807, 2.05) is 18.3 Å². The molecule has 0 saturated carbocycles. The van der Waals surface area contributed by atoms with Crippen LogP contribution in [0, 0.1) is 12.8 Å². The van der Waals surface area contributed by atoms with Crippen LogP contribution >= 0.6 is 11.3 Å². The van der Waals surface area contributed by atoms with E-state index in [9.17, 15) is 0 Å². The molecule has 2 aliphatic rings. The van der Waals surface area contributed by atoms with Crippen LogP contribution in [-0.4, -0.2) is 23.1 Å². The Hall–Kier alpha value is -1.16. The molecule has 1 saturated heterocycles. The smallest absolute Gasteiger partial charge is 0.141 e. The molecule has 3 heterocycles. The lowest BCUT2D eigenvalue weighted by Crippen LogP contribution is -2.33. The Morgan fingerprint density at radius 1 is 1.15 bits per heavy atom. The lowest BCUT2D eigenvalue weighted by Gasteiger charge is -2.31. The number of piperidine rings is 1. The van der Waals surface area contributed by atoms with Gasteiger partial charge in [0.25, 0.3) is 0 Å². The zero-order chi connectivity index (χ0) is 13.7. The number of anilines is 1. The molecule has 0 bridgehead atoms. The predicted molar refractivity (Wildman–Crippen MR) is 84.8 cm³/mol. The summed E-state index contributed by atoms with van der Waals surface area (Å²) in [5, 5.41) is 1.38. The maximum Gasteiger partial charge on any atom is 0.141 e. The van der Waals surface area contributed by atoms with E-state index < -0.39 is 0 Å². The number of rotatable bonds is 1. The largest absolute Gasteiger partial charge is 0.356 e. The molecule has 0 amide bonds. The molecule has 1 fully saturated rings. The summed E-state index contributed by atoms with van der Waals surface area (Å²) >= 11 is 1.90. The van der Waals surface area contributed by atoms with Crippen LogP contribution in [0.25, 0.3) is 10.2 Å². The summed E-state index contributed by atoms with van der Waals surface area (Å²) in [4.78, 5) is 14.8. The fraction of sp³-hybridized carbons (Fsp3) is 0.625. The molecule has 0 radical (unpaired) electrons. The van der Waals surface area contributed by atoms with Crippen molar-refractivity contribution in [1.29, 1.82) is 0 Å². The van der Waals surface area contributed by atoms with Gasteiger partial charge in [0, 0.05) is 18.0 Å². The fourth-order valence-corrected chi connectivity index (χ4v) is 4.83. The minimum Gasteiger partial charge on any atom is -0.356 e. The molecule has 2 aromatic rings. The lowest BCUT2D eigenvalue weighted by atomic mass is 9.99. The number of hydrogen-bond acceptors (Lipinski definition) is 4. The van der Waals surface area contributed by atoms with Crippen molar-refractivity contribution < 1.29 is 0 Å². The van der Waals surface area contributed by atoms with E-state index in [0.717, 1.165) is 24.8 Å². The average molecular weight is 287 g/mol. The zero-order valence-electron chi connectivity index (χ0n) is 12.3. The summed E-state index contributed by atoms with van der Waals surface area (Å²) in [7, 11) is 0. The third-order valence-corrected chi connectivity index (χ3v) is 5.93. The molecule has 0 spiro atoms. The molecule has 2 aromatic heterocycles. The summed E-state index contributed by atoms with van der Waals surface area (Å²) in [6.45, 7) is 6.69. The number of fused-ring (bicyclic) bond motifs is 3. The van der Waals surface area contributed by atoms with Gasteiger partial charge in [-0.3, -0.25) is 0 Å². The monoisotopic (exact) mass is 287 g/mol. The molecule has 0 atom stereocenters. The predicted octanol–water partition coefficient (Wildman–Crippen LogP) is 3.72. The quantitative estimate of drug-likeness (QED) is 0.800. The third-order valence-electron chi connectivity index (χ3n) is 4.74. The topological polar surface area (TPSA) is 29.0 Å². The van der Waals surface area contributed by atoms with E-state index in [0.29, 0.717) is 0 Å². The second-order valence-electron chi connectivity index (χ2n) is 6.30. The van der Waals surface area contributed by atoms with E-state index in [4.69, 9.17) is 9.97 Å². The highest BCUT2D eigenvalue weighted by Crippen LogP contribution is 2.41. The van der Waals surface area contributed by atoms with Crippen LogP contribution in [0.1, 0.15) is 42.5 Å². The van der Waals surface area contributed by atoms with Crippen molar-refractivity contribution in [3.63, 3.8) is 0 Å². The van der Waals surface area contributed by atoms with E-state index in [2.05, 4.69) is 11.8 Å². The second-order valence-corrected chi connectivity index (χ2v) is 7.39. The Morgan fingerprint density at radius 2 is 1.95 bits per heavy atom. The number of aryl methyl sites for hydroxylation is 3. The fourth-order valence-electron chi connectivity index (χ4n) is 3.53. The van der Waals surface area contributed by atoms with Crippen molar-refractivity contribution in [3.05, 3.63) is 16.3 Å². The first-order chi connectivity index (χ1) is 9.72. The first kappa shape index (κ1) is 12.6. The minimum absolute atomic E-state index is 0.859. The van der Waals surface area contributed by atoms with Gasteiger partial charge in [0.05, 0.1) is 5.39 Å². The van der Waals surface area contributed by atoms with Gasteiger partial charge < -0.3 is 4.90 Å². The van der Waals surface area contributed by atoms with Crippen molar-refractivity contribution in [2.45, 2.75) is 46.0 Å². The Bertz CT molecular complexity index is 653. The molecule has 1 aliphatic heterocycles. The van der Waals surface area contributed by atoms with Crippen LogP contribution in [0.15, 0.2) is 0 Å². The van der Waals surface area contributed by atoms with E-state index in [1.54, 1.807) is 10.4 Å². The summed E-state index contributed by atoms with van der Waals surface area (Å²) in [5.74, 6) is 3.00. The third kappa shape index (κ3) is 1.93. The number of aromatic nitrogens is 2. The first-order valence-corrected chi connectivity index (χ1v) is 8.58. The number of nitrogens with zero attached hydrogens (tertiary/aromatic N) is 3. The normalized spacial score (nSPS) is 19.8. The Labute approximate surface area is 124 Å². The highest BCUT2D eigenvalue weighted by atomic mass is 32.1. The molecule has 3 nitrogen and oxygen atoms in total. The summed E-state index contributed by atoms with van der Waals surface area (Å²) in [6.07, 6.45) is 6.35. The highest BCUT2D eigenvalue weighted by Gasteiger charge is 2.25. The van der Waals surface area contributed by atoms with Crippen LogP contribution in [0.4, 0.5) is 5.82 Å². The molecule has 4 rings (SSSR count). The standard InChI is InChI=1S/C16H21N3S/c1-10-6-8-19(9-7-10)15-14-12-4-3-5-13(12)20-16(14)18-11(2)17-15/h10H,3-9H2,1-2H3. The summed E-state index contributed by atoms with van der Waals surface area (Å²) in [5.41, 5.74) is 1.55. The van der Waals surface area contributed by atoms with Gasteiger partial charge in [0.1, 0.15) is 16.5 Å². The molecular weight excluding hydrogens is 266 g/mol. The number of hydrogen-bond donors (Lipinski definition) is 0. The highest BCUT2D eigenvalue weighted by molar-refractivity contribution is 7.19. The zero-order valence-corrected chi connectivity index (χ0v) is 13.1. The van der Waals surface area contributed by atoms with Crippen LogP contribution in [0.2, 0.25) is 0 Å². The average Bonchev–Trinajstić information content (AvgIpc) is 2.98. The molecular formula is C16H21N3S. The Morgan fingerprint density at radius 3 is 2.75 bits per heavy atom. The van der Waals surface area contributed by atoms with Gasteiger partial charge in [0.15, 0.2) is 0 Å². The molecule has 1 aliphatic carbocycles. The van der Waals surface area contributed by atoms with Crippen molar-refractivity contribution in [2.24, 2.45) is 5.92 Å². The maximum absolute atomic E-state index is 4.82. The van der Waals surface area contributed by atoms with Gasteiger partial charge in [-0.15, -0.1) is 11.3 Å². The molecule has 20 heavy (non-hydrogen) atoms. The molecule has 0 aromatic carbocycles. The van der Waals surface area contributed by atoms with E-state index >= 15 is 0 Å². The van der Waals surface area contributed by atoms with Gasteiger partial charge >= 0.3 is 0 Å². The van der Waals surface area contributed by atoms with Crippen LogP contribution in [-0.2, 0) is 12.8 Å². The van der Waals surface area contributed by atoms with Gasteiger partial charge in [-0.2, -0.15) is 0 Å². The van der Waals surface area contributed by atoms with Gasteiger partial charge in [-0.25, -0.2) is 9.97 Å². The summed E-state index contributed by atoms with van der Waals surface area (Å²) in [6, 6.07) is 0. The van der Waals surface area contributed by atoms with Gasteiger partial charge in [0.2, 0.25) is 0 Å². The lowest BCUT2D eigenvalue weighted by molar-refractivity contribution is 0.437. The molecule has 0 N–H and O–H groups in total. The summed E-state index contributed by atoms with van der Waals surface area (Å²) < 4.78 is 0. The van der Waals surface area contributed by atoms with Crippen molar-refractivity contribution in [1.82, 2.24) is 9.97 Å².